The van der Waals surface area contributed by atoms with Crippen LogP contribution in [0, 0.1) is 29.6 Å². The van der Waals surface area contributed by atoms with Gasteiger partial charge in [0.05, 0.1) is 17.9 Å². The first-order valence-electron chi connectivity index (χ1n) is 13.9. The maximum absolute atomic E-state index is 12.7. The van der Waals surface area contributed by atoms with E-state index in [1.54, 1.807) is 0 Å². The van der Waals surface area contributed by atoms with E-state index < -0.39 is 0 Å². The second kappa shape index (κ2) is 13.0. The number of carbonyl (C=O) groups excluding carboxylic acids is 2. The monoisotopic (exact) mass is 448 g/mol. The highest BCUT2D eigenvalue weighted by Crippen LogP contribution is 2.41. The van der Waals surface area contributed by atoms with E-state index in [-0.39, 0.29) is 36.0 Å². The van der Waals surface area contributed by atoms with E-state index in [0.717, 1.165) is 75.5 Å². The molecule has 1 unspecified atom stereocenters. The highest BCUT2D eigenvalue weighted by atomic mass is 16.5. The van der Waals surface area contributed by atoms with Crippen molar-refractivity contribution in [3.8, 4) is 0 Å². The van der Waals surface area contributed by atoms with Crippen LogP contribution < -0.4 is 0 Å². The molecule has 0 aromatic heterocycles. The van der Waals surface area contributed by atoms with E-state index in [9.17, 15) is 9.59 Å². The van der Waals surface area contributed by atoms with Gasteiger partial charge in [-0.05, 0) is 108 Å². The highest BCUT2D eigenvalue weighted by molar-refractivity contribution is 5.73. The van der Waals surface area contributed by atoms with Gasteiger partial charge >= 0.3 is 11.9 Å². The van der Waals surface area contributed by atoms with Crippen molar-refractivity contribution in [1.82, 2.24) is 0 Å². The van der Waals surface area contributed by atoms with Crippen molar-refractivity contribution in [2.75, 3.05) is 0 Å². The molecule has 4 heteroatoms. The molecule has 3 aliphatic carbocycles. The summed E-state index contributed by atoms with van der Waals surface area (Å²) >= 11 is 0. The van der Waals surface area contributed by atoms with Gasteiger partial charge in [0.1, 0.15) is 6.10 Å². The fraction of sp³-hybridized carbons (Fsp3) is 0.929. The Kier molecular flexibility index (Phi) is 10.4. The van der Waals surface area contributed by atoms with Gasteiger partial charge in [0, 0.05) is 0 Å². The summed E-state index contributed by atoms with van der Waals surface area (Å²) in [6.45, 7) is 6.29. The minimum Gasteiger partial charge on any atom is -0.462 e. The van der Waals surface area contributed by atoms with Crippen LogP contribution in [0.5, 0.6) is 0 Å². The second-order valence-corrected chi connectivity index (χ2v) is 11.1. The predicted molar refractivity (Wildman–Crippen MR) is 128 cm³/mol. The normalized spacial score (nSPS) is 34.5. The van der Waals surface area contributed by atoms with Crippen LogP contribution in [0.1, 0.15) is 124 Å². The van der Waals surface area contributed by atoms with E-state index in [4.69, 9.17) is 9.47 Å². The number of ether oxygens (including phenoxy) is 2. The molecule has 3 aliphatic rings. The summed E-state index contributed by atoms with van der Waals surface area (Å²) in [5, 5.41) is 0. The molecule has 32 heavy (non-hydrogen) atoms. The number of esters is 2. The topological polar surface area (TPSA) is 52.6 Å². The minimum absolute atomic E-state index is 0.0211. The fourth-order valence-electron chi connectivity index (χ4n) is 6.32. The minimum atomic E-state index is 0.0211. The lowest BCUT2D eigenvalue weighted by Crippen LogP contribution is -2.33. The third kappa shape index (κ3) is 7.48. The first-order valence-corrected chi connectivity index (χ1v) is 13.9. The number of carbonyl (C=O) groups is 2. The molecule has 3 rings (SSSR count). The zero-order chi connectivity index (χ0) is 22.9. The molecule has 0 saturated heterocycles. The van der Waals surface area contributed by atoms with E-state index in [1.165, 1.54) is 44.9 Å². The van der Waals surface area contributed by atoms with E-state index in [0.29, 0.717) is 0 Å². The molecule has 0 N–H and O–H groups in total. The summed E-state index contributed by atoms with van der Waals surface area (Å²) in [5.74, 6) is 2.67. The van der Waals surface area contributed by atoms with Gasteiger partial charge in [-0.15, -0.1) is 0 Å². The first-order chi connectivity index (χ1) is 15.5. The van der Waals surface area contributed by atoms with E-state index in [1.807, 2.05) is 6.92 Å². The van der Waals surface area contributed by atoms with Crippen molar-refractivity contribution < 1.29 is 19.1 Å². The molecule has 0 aliphatic heterocycles. The Morgan fingerprint density at radius 3 is 1.84 bits per heavy atom. The second-order valence-electron chi connectivity index (χ2n) is 11.1. The maximum atomic E-state index is 12.7. The molecule has 0 aromatic carbocycles. The molecule has 3 fully saturated rings. The first kappa shape index (κ1) is 25.6. The van der Waals surface area contributed by atoms with Gasteiger partial charge in [-0.3, -0.25) is 9.59 Å². The molecule has 0 bridgehead atoms. The van der Waals surface area contributed by atoms with E-state index >= 15 is 0 Å². The molecule has 0 aromatic rings. The molecule has 0 radical (unpaired) electrons. The number of hydrogen-bond donors (Lipinski definition) is 0. The standard InChI is InChI=1S/C28H48O4/c1-4-6-7-21-8-10-24(11-9-21)28(30)32-26-18-16-23(17-19-26)22-12-14-25(15-13-22)27(29)31-20(3)5-2/h20-26H,4-19H2,1-3H3. The van der Waals surface area contributed by atoms with Crippen LogP contribution in [-0.4, -0.2) is 24.1 Å². The lowest BCUT2D eigenvalue weighted by atomic mass is 9.70. The Morgan fingerprint density at radius 2 is 1.28 bits per heavy atom. The van der Waals surface area contributed by atoms with Crippen molar-refractivity contribution >= 4 is 11.9 Å². The average molecular weight is 449 g/mol. The molecule has 4 nitrogen and oxygen atoms in total. The largest absolute Gasteiger partial charge is 0.462 e. The van der Waals surface area contributed by atoms with Crippen LogP contribution in [-0.2, 0) is 19.1 Å². The van der Waals surface area contributed by atoms with Gasteiger partial charge in [-0.2, -0.15) is 0 Å². The average Bonchev–Trinajstić information content (AvgIpc) is 2.83. The zero-order valence-electron chi connectivity index (χ0n) is 21.0. The molecule has 0 heterocycles. The Hall–Kier alpha value is -1.06. The molecule has 3 saturated carbocycles. The third-order valence-corrected chi connectivity index (χ3v) is 8.81. The highest BCUT2D eigenvalue weighted by Gasteiger charge is 2.35. The van der Waals surface area contributed by atoms with Crippen molar-refractivity contribution in [2.45, 2.75) is 136 Å². The third-order valence-electron chi connectivity index (χ3n) is 8.81. The van der Waals surface area contributed by atoms with E-state index in [2.05, 4.69) is 13.8 Å². The Labute approximate surface area is 196 Å². The number of hydrogen-bond acceptors (Lipinski definition) is 4. The van der Waals surface area contributed by atoms with Crippen LogP contribution in [0.3, 0.4) is 0 Å². The van der Waals surface area contributed by atoms with Gasteiger partial charge in [0.15, 0.2) is 0 Å². The zero-order valence-corrected chi connectivity index (χ0v) is 21.0. The lowest BCUT2D eigenvalue weighted by molar-refractivity contribution is -0.157. The Morgan fingerprint density at radius 1 is 0.750 bits per heavy atom. The predicted octanol–water partition coefficient (Wildman–Crippen LogP) is 7.23. The van der Waals surface area contributed by atoms with Crippen molar-refractivity contribution in [1.29, 1.82) is 0 Å². The smallest absolute Gasteiger partial charge is 0.309 e. The molecule has 184 valence electrons. The van der Waals surface area contributed by atoms with Crippen LogP contribution in [0.15, 0.2) is 0 Å². The van der Waals surface area contributed by atoms with Crippen molar-refractivity contribution in [3.63, 3.8) is 0 Å². The SMILES string of the molecule is CCCCC1CCC(C(=O)OC2CCC(C3CCC(C(=O)OC(C)CC)CC3)CC2)CC1. The van der Waals surface area contributed by atoms with Gasteiger partial charge in [-0.25, -0.2) is 0 Å². The lowest BCUT2D eigenvalue weighted by Gasteiger charge is -2.37. The van der Waals surface area contributed by atoms with Crippen LogP contribution in [0.2, 0.25) is 0 Å². The quantitative estimate of drug-likeness (QED) is 0.349. The molecular formula is C28H48O4. The molecular weight excluding hydrogens is 400 g/mol. The summed E-state index contributed by atoms with van der Waals surface area (Å²) in [6.07, 6.45) is 18.1. The summed E-state index contributed by atoms with van der Waals surface area (Å²) in [7, 11) is 0. The summed E-state index contributed by atoms with van der Waals surface area (Å²) in [6, 6.07) is 0. The van der Waals surface area contributed by atoms with Gasteiger partial charge in [0.2, 0.25) is 0 Å². The summed E-state index contributed by atoms with van der Waals surface area (Å²) in [5.41, 5.74) is 0. The van der Waals surface area contributed by atoms with Crippen molar-refractivity contribution in [3.05, 3.63) is 0 Å². The van der Waals surface area contributed by atoms with Gasteiger partial charge in [-0.1, -0.05) is 33.1 Å². The van der Waals surface area contributed by atoms with Crippen molar-refractivity contribution in [2.24, 2.45) is 29.6 Å². The number of rotatable bonds is 9. The molecule has 0 amide bonds. The van der Waals surface area contributed by atoms with Crippen LogP contribution in [0.4, 0.5) is 0 Å². The van der Waals surface area contributed by atoms with Gasteiger partial charge in [0.25, 0.3) is 0 Å². The van der Waals surface area contributed by atoms with Gasteiger partial charge < -0.3 is 9.47 Å². The fourth-order valence-corrected chi connectivity index (χ4v) is 6.32. The summed E-state index contributed by atoms with van der Waals surface area (Å²) in [4.78, 5) is 25.0. The maximum Gasteiger partial charge on any atom is 0.309 e. The molecule has 1 atom stereocenters. The van der Waals surface area contributed by atoms with Crippen LogP contribution >= 0.6 is 0 Å². The Bertz CT molecular complexity index is 564. The molecule has 0 spiro atoms. The Balaban J connectivity index is 1.32. The van der Waals surface area contributed by atoms with Crippen LogP contribution in [0.25, 0.3) is 0 Å². The number of unbranched alkanes of at least 4 members (excludes halogenated alkanes) is 1. The summed E-state index contributed by atoms with van der Waals surface area (Å²) < 4.78 is 11.5.